The van der Waals surface area contributed by atoms with Gasteiger partial charge in [-0.2, -0.15) is 0 Å². The van der Waals surface area contributed by atoms with E-state index in [9.17, 15) is 0 Å². The minimum absolute atomic E-state index is 1.12. The highest BCUT2D eigenvalue weighted by molar-refractivity contribution is 5.45. The monoisotopic (exact) mass is 336 g/mol. The van der Waals surface area contributed by atoms with Gasteiger partial charge in [0.1, 0.15) is 0 Å². The van der Waals surface area contributed by atoms with E-state index in [-0.39, 0.29) is 0 Å². The van der Waals surface area contributed by atoms with Gasteiger partial charge in [0.05, 0.1) is 0 Å². The lowest BCUT2D eigenvalue weighted by Crippen LogP contribution is -2.07. The molecule has 0 saturated carbocycles. The Morgan fingerprint density at radius 3 is 1.00 bits per heavy atom. The van der Waals surface area contributed by atoms with Gasteiger partial charge in [0.15, 0.2) is 0 Å². The van der Waals surface area contributed by atoms with Gasteiger partial charge < -0.3 is 0 Å². The summed E-state index contributed by atoms with van der Waals surface area (Å²) in [5.74, 6) is 0. The maximum atomic E-state index is 2.36. The van der Waals surface area contributed by atoms with Crippen molar-refractivity contribution in [3.8, 4) is 0 Å². The van der Waals surface area contributed by atoms with Crippen LogP contribution in [0.2, 0.25) is 0 Å². The molecule has 0 spiro atoms. The van der Waals surface area contributed by atoms with Crippen molar-refractivity contribution in [2.24, 2.45) is 0 Å². The fourth-order valence-corrected chi connectivity index (χ4v) is 4.02. The Hall–Kier alpha value is -1.56. The van der Waals surface area contributed by atoms with E-state index >= 15 is 0 Å². The molecular formula is C25H36. The highest BCUT2D eigenvalue weighted by Gasteiger charge is 2.13. The van der Waals surface area contributed by atoms with Crippen LogP contribution in [0.3, 0.4) is 0 Å². The number of rotatable bonds is 10. The van der Waals surface area contributed by atoms with Crippen LogP contribution in [0.25, 0.3) is 0 Å². The largest absolute Gasteiger partial charge is 0.0651 e. The molecule has 0 aliphatic carbocycles. The number of hydrogen-bond donors (Lipinski definition) is 0. The second-order valence-electron chi connectivity index (χ2n) is 7.29. The Bertz CT molecular complexity index is 545. The van der Waals surface area contributed by atoms with E-state index in [0.29, 0.717) is 0 Å². The average molecular weight is 337 g/mol. The van der Waals surface area contributed by atoms with Crippen molar-refractivity contribution in [1.82, 2.24) is 0 Å². The van der Waals surface area contributed by atoms with Crippen molar-refractivity contribution < 1.29 is 0 Å². The quantitative estimate of drug-likeness (QED) is 0.434. The normalized spacial score (nSPS) is 11.0. The van der Waals surface area contributed by atoms with Crippen LogP contribution in [0, 0.1) is 0 Å². The van der Waals surface area contributed by atoms with Crippen LogP contribution in [0.1, 0.15) is 86.8 Å². The van der Waals surface area contributed by atoms with E-state index in [2.05, 4.69) is 64.1 Å². The highest BCUT2D eigenvalue weighted by Crippen LogP contribution is 2.27. The molecule has 2 aromatic carbocycles. The van der Waals surface area contributed by atoms with Gasteiger partial charge in [-0.15, -0.1) is 0 Å². The van der Waals surface area contributed by atoms with Crippen molar-refractivity contribution >= 4 is 0 Å². The summed E-state index contributed by atoms with van der Waals surface area (Å²) in [6.07, 6.45) is 10.8. The van der Waals surface area contributed by atoms with Crippen LogP contribution in [0.4, 0.5) is 0 Å². The zero-order valence-electron chi connectivity index (χ0n) is 16.8. The minimum atomic E-state index is 1.12. The second-order valence-corrected chi connectivity index (χ2v) is 7.29. The summed E-state index contributed by atoms with van der Waals surface area (Å²) in [4.78, 5) is 0. The smallest absolute Gasteiger partial charge is 0.00148 e. The van der Waals surface area contributed by atoms with E-state index in [1.807, 2.05) is 0 Å². The zero-order valence-corrected chi connectivity index (χ0v) is 16.8. The summed E-state index contributed by atoms with van der Waals surface area (Å²) in [5, 5.41) is 0. The molecule has 0 atom stereocenters. The van der Waals surface area contributed by atoms with Gasteiger partial charge in [0, 0.05) is 0 Å². The zero-order chi connectivity index (χ0) is 18.1. The number of hydrogen-bond acceptors (Lipinski definition) is 0. The summed E-state index contributed by atoms with van der Waals surface area (Å²) in [7, 11) is 0. The van der Waals surface area contributed by atoms with Gasteiger partial charge in [-0.1, -0.05) is 89.8 Å². The van der Waals surface area contributed by atoms with Crippen LogP contribution in [-0.2, 0) is 32.1 Å². The van der Waals surface area contributed by atoms with E-state index < -0.39 is 0 Å². The van der Waals surface area contributed by atoms with Crippen molar-refractivity contribution in [2.45, 2.75) is 85.5 Å². The molecule has 0 unspecified atom stereocenters. The maximum Gasteiger partial charge on any atom is -0.00148 e. The lowest BCUT2D eigenvalue weighted by Gasteiger charge is -2.19. The van der Waals surface area contributed by atoms with Crippen LogP contribution in [0.15, 0.2) is 36.4 Å². The van der Waals surface area contributed by atoms with Gasteiger partial charge >= 0.3 is 0 Å². The SMILES string of the molecule is CCCc1cccc(CCC)c1Cc1c(CCC)cccc1CCC. The molecule has 2 rings (SSSR count). The van der Waals surface area contributed by atoms with Gasteiger partial charge in [-0.25, -0.2) is 0 Å². The summed E-state index contributed by atoms with van der Waals surface area (Å²) >= 11 is 0. The third-order valence-electron chi connectivity index (χ3n) is 5.17. The summed E-state index contributed by atoms with van der Waals surface area (Å²) in [5.41, 5.74) is 9.52. The number of aryl methyl sites for hydroxylation is 4. The highest BCUT2D eigenvalue weighted by atomic mass is 14.2. The van der Waals surface area contributed by atoms with Crippen LogP contribution < -0.4 is 0 Å². The molecule has 0 fully saturated rings. The van der Waals surface area contributed by atoms with Crippen molar-refractivity contribution in [3.63, 3.8) is 0 Å². The summed E-state index contributed by atoms with van der Waals surface area (Å²) in [6.45, 7) is 9.18. The first-order valence-corrected chi connectivity index (χ1v) is 10.4. The van der Waals surface area contributed by atoms with E-state index in [1.165, 1.54) is 51.4 Å². The van der Waals surface area contributed by atoms with Crippen LogP contribution in [0.5, 0.6) is 0 Å². The molecule has 0 radical (unpaired) electrons. The van der Waals surface area contributed by atoms with Gasteiger partial charge in [-0.3, -0.25) is 0 Å². The molecule has 0 amide bonds. The molecule has 0 aliphatic rings. The second kappa shape index (κ2) is 10.4. The van der Waals surface area contributed by atoms with Crippen molar-refractivity contribution in [2.75, 3.05) is 0 Å². The lowest BCUT2D eigenvalue weighted by molar-refractivity contribution is 0.841. The van der Waals surface area contributed by atoms with Crippen LogP contribution in [-0.4, -0.2) is 0 Å². The first-order chi connectivity index (χ1) is 12.2. The Balaban J connectivity index is 2.50. The van der Waals surface area contributed by atoms with E-state index in [4.69, 9.17) is 0 Å². The molecule has 0 nitrogen and oxygen atoms in total. The molecule has 0 N–H and O–H groups in total. The topological polar surface area (TPSA) is 0 Å². The first kappa shape index (κ1) is 19.8. The molecule has 136 valence electrons. The molecule has 2 aromatic rings. The molecule has 0 saturated heterocycles. The van der Waals surface area contributed by atoms with Crippen LogP contribution >= 0.6 is 0 Å². The van der Waals surface area contributed by atoms with Gasteiger partial charge in [-0.05, 0) is 65.5 Å². The van der Waals surface area contributed by atoms with Crippen molar-refractivity contribution in [1.29, 1.82) is 0 Å². The van der Waals surface area contributed by atoms with Gasteiger partial charge in [0.2, 0.25) is 0 Å². The van der Waals surface area contributed by atoms with Gasteiger partial charge in [0.25, 0.3) is 0 Å². The maximum absolute atomic E-state index is 2.36. The molecular weight excluding hydrogens is 300 g/mol. The van der Waals surface area contributed by atoms with Crippen molar-refractivity contribution in [3.05, 3.63) is 69.8 Å². The Morgan fingerprint density at radius 2 is 0.760 bits per heavy atom. The standard InChI is InChI=1S/C25H36/c1-5-11-20-15-9-16-21(12-6-2)24(20)19-25-22(13-7-3)17-10-18-23(25)14-8-4/h9-10,15-18H,5-8,11-14,19H2,1-4H3. The molecule has 0 heterocycles. The summed E-state index contributed by atoms with van der Waals surface area (Å²) in [6, 6.07) is 14.0. The fourth-order valence-electron chi connectivity index (χ4n) is 4.02. The average Bonchev–Trinajstić information content (AvgIpc) is 2.61. The summed E-state index contributed by atoms with van der Waals surface area (Å²) < 4.78 is 0. The van der Waals surface area contributed by atoms with E-state index in [0.717, 1.165) is 6.42 Å². The predicted octanol–water partition coefficient (Wildman–Crippen LogP) is 7.09. The molecule has 25 heavy (non-hydrogen) atoms. The minimum Gasteiger partial charge on any atom is -0.0651 e. The predicted molar refractivity (Wildman–Crippen MR) is 112 cm³/mol. The number of benzene rings is 2. The molecule has 0 aromatic heterocycles. The molecule has 0 heteroatoms. The third-order valence-corrected chi connectivity index (χ3v) is 5.17. The molecule has 0 bridgehead atoms. The Labute approximate surface area is 155 Å². The first-order valence-electron chi connectivity index (χ1n) is 10.4. The lowest BCUT2D eigenvalue weighted by atomic mass is 9.86. The van der Waals surface area contributed by atoms with E-state index in [1.54, 1.807) is 33.4 Å². The third kappa shape index (κ3) is 5.21. The Morgan fingerprint density at radius 1 is 0.480 bits per heavy atom. The fraction of sp³-hybridized carbons (Fsp3) is 0.520. The Kier molecular flexibility index (Phi) is 8.25. The molecule has 0 aliphatic heterocycles.